The van der Waals surface area contributed by atoms with Gasteiger partial charge in [0.2, 0.25) is 5.91 Å². The summed E-state index contributed by atoms with van der Waals surface area (Å²) in [6.45, 7) is 5.43. The molecular weight excluding hydrogens is 500 g/mol. The Morgan fingerprint density at radius 2 is 1.76 bits per heavy atom. The molecule has 4 atom stereocenters. The number of aromatic nitrogens is 3. The first-order valence-electron chi connectivity index (χ1n) is 12.2. The van der Waals surface area contributed by atoms with Crippen LogP contribution in [0.2, 0.25) is 0 Å². The molecular formula is C24H30N6O8. The Bertz CT molecular complexity index is 1290. The van der Waals surface area contributed by atoms with Crippen molar-refractivity contribution < 1.29 is 38.1 Å². The third kappa shape index (κ3) is 5.44. The molecule has 204 valence electrons. The first-order valence-corrected chi connectivity index (χ1v) is 12.2. The van der Waals surface area contributed by atoms with E-state index in [1.807, 2.05) is 6.92 Å². The molecule has 2 aromatic heterocycles. The molecule has 1 amide bonds. The zero-order valence-electron chi connectivity index (χ0n) is 21.8. The number of amidine groups is 1. The zero-order chi connectivity index (χ0) is 27.6. The van der Waals surface area contributed by atoms with Crippen LogP contribution in [0.4, 0.5) is 5.82 Å². The number of nitrogens with one attached hydrogen (secondary N) is 1. The Morgan fingerprint density at radius 1 is 1.05 bits per heavy atom. The van der Waals surface area contributed by atoms with Crippen LogP contribution >= 0.6 is 0 Å². The van der Waals surface area contributed by atoms with Gasteiger partial charge in [0.15, 0.2) is 30.1 Å². The third-order valence-corrected chi connectivity index (χ3v) is 6.03. The van der Waals surface area contributed by atoms with Crippen LogP contribution in [-0.2, 0) is 38.1 Å². The molecule has 1 fully saturated rings. The van der Waals surface area contributed by atoms with E-state index in [0.717, 1.165) is 12.8 Å². The lowest BCUT2D eigenvalue weighted by Crippen LogP contribution is -2.40. The normalized spacial score (nSPS) is 22.1. The van der Waals surface area contributed by atoms with Crippen LogP contribution in [0.1, 0.15) is 58.7 Å². The second kappa shape index (κ2) is 11.1. The van der Waals surface area contributed by atoms with E-state index in [9.17, 15) is 19.2 Å². The standard InChI is InChI=1S/C24H30N6O8/c1-6-7-8-17(34)27-21-15-9-30(23-18(15)22(25-11-26-23)29(5)28-21)24-20(37-14(4)33)19(36-13(3)32)16(38-24)10-35-12(2)31/h9,11,16,19-20,24H,6-8,10H2,1-5H3,(H,27,28,34)/t16-,19-,20-,24-/m1/s1. The lowest BCUT2D eigenvalue weighted by molar-refractivity contribution is -0.166. The van der Waals surface area contributed by atoms with Gasteiger partial charge >= 0.3 is 17.9 Å². The summed E-state index contributed by atoms with van der Waals surface area (Å²) < 4.78 is 23.9. The van der Waals surface area contributed by atoms with Crippen molar-refractivity contribution >= 4 is 46.5 Å². The summed E-state index contributed by atoms with van der Waals surface area (Å²) in [5.41, 5.74) is 0.945. The van der Waals surface area contributed by atoms with E-state index in [0.29, 0.717) is 34.7 Å². The summed E-state index contributed by atoms with van der Waals surface area (Å²) in [4.78, 5) is 56.8. The maximum atomic E-state index is 12.5. The van der Waals surface area contributed by atoms with Crippen LogP contribution in [-0.4, -0.2) is 76.2 Å². The van der Waals surface area contributed by atoms with E-state index >= 15 is 0 Å². The number of carbonyl (C=O) groups excluding carboxylic acids is 4. The average molecular weight is 531 g/mol. The van der Waals surface area contributed by atoms with Crippen molar-refractivity contribution in [3.8, 4) is 0 Å². The highest BCUT2D eigenvalue weighted by atomic mass is 16.7. The number of carbonyl (C=O) groups is 4. The maximum Gasteiger partial charge on any atom is 0.303 e. The molecule has 0 radical (unpaired) electrons. The highest BCUT2D eigenvalue weighted by molar-refractivity contribution is 6.18. The average Bonchev–Trinajstić information content (AvgIpc) is 3.38. The van der Waals surface area contributed by atoms with Crippen molar-refractivity contribution in [2.45, 2.75) is 71.5 Å². The minimum Gasteiger partial charge on any atom is -0.463 e. The second-order valence-corrected chi connectivity index (χ2v) is 8.99. The summed E-state index contributed by atoms with van der Waals surface area (Å²) in [6, 6.07) is 0. The molecule has 0 aromatic carbocycles. The smallest absolute Gasteiger partial charge is 0.303 e. The first kappa shape index (κ1) is 27.0. The molecule has 2 aliphatic rings. The van der Waals surface area contributed by atoms with Crippen molar-refractivity contribution in [3.05, 3.63) is 18.1 Å². The minimum atomic E-state index is -1.10. The summed E-state index contributed by atoms with van der Waals surface area (Å²) >= 11 is 0. The molecule has 0 unspecified atom stereocenters. The van der Waals surface area contributed by atoms with Crippen LogP contribution in [0.3, 0.4) is 0 Å². The van der Waals surface area contributed by atoms with E-state index in [2.05, 4.69) is 20.4 Å². The molecule has 0 spiro atoms. The van der Waals surface area contributed by atoms with Crippen LogP contribution in [0.25, 0.3) is 11.0 Å². The molecule has 14 nitrogen and oxygen atoms in total. The Kier molecular flexibility index (Phi) is 7.90. The van der Waals surface area contributed by atoms with Gasteiger partial charge < -0.3 is 28.8 Å². The lowest BCUT2D eigenvalue weighted by Gasteiger charge is -2.24. The summed E-state index contributed by atoms with van der Waals surface area (Å²) in [5.74, 6) is -1.21. The van der Waals surface area contributed by atoms with Gasteiger partial charge in [-0.3, -0.25) is 19.2 Å². The highest BCUT2D eigenvalue weighted by Gasteiger charge is 2.51. The molecule has 0 bridgehead atoms. The number of rotatable bonds is 8. The van der Waals surface area contributed by atoms with Gasteiger partial charge in [0, 0.05) is 40.4 Å². The van der Waals surface area contributed by atoms with Crippen LogP contribution in [0.15, 0.2) is 17.6 Å². The van der Waals surface area contributed by atoms with E-state index in [-0.39, 0.29) is 12.5 Å². The molecule has 1 N–H and O–H groups in total. The SMILES string of the molecule is CCCCC(=O)NC1=NN(C)c2ncnc3c2c1cn3[C@@H]1O[C@H](COC(C)=O)[C@@H](OC(C)=O)[C@H]1OC(C)=O. The first-order chi connectivity index (χ1) is 18.1. The molecule has 38 heavy (non-hydrogen) atoms. The predicted octanol–water partition coefficient (Wildman–Crippen LogP) is 1.17. The Hall–Kier alpha value is -4.07. The summed E-state index contributed by atoms with van der Waals surface area (Å²) in [6.07, 6.45) is 0.813. The largest absolute Gasteiger partial charge is 0.463 e. The monoisotopic (exact) mass is 530 g/mol. The fraction of sp³-hybridized carbons (Fsp3) is 0.542. The number of hydrogen-bond acceptors (Lipinski definition) is 12. The number of amides is 1. The molecule has 2 aliphatic heterocycles. The van der Waals surface area contributed by atoms with E-state index in [4.69, 9.17) is 18.9 Å². The van der Waals surface area contributed by atoms with Gasteiger partial charge in [-0.25, -0.2) is 15.0 Å². The number of hydrogen-bond donors (Lipinski definition) is 1. The quantitative estimate of drug-likeness (QED) is 0.385. The second-order valence-electron chi connectivity index (χ2n) is 8.99. The summed E-state index contributed by atoms with van der Waals surface area (Å²) in [7, 11) is 1.69. The number of nitrogens with zero attached hydrogens (tertiary/aromatic N) is 5. The van der Waals surface area contributed by atoms with Gasteiger partial charge in [-0.15, -0.1) is 0 Å². The van der Waals surface area contributed by atoms with Gasteiger partial charge in [0.05, 0.1) is 10.9 Å². The van der Waals surface area contributed by atoms with Crippen molar-refractivity contribution in [1.29, 1.82) is 0 Å². The highest BCUT2D eigenvalue weighted by Crippen LogP contribution is 2.39. The van der Waals surface area contributed by atoms with E-state index in [1.165, 1.54) is 32.1 Å². The molecule has 14 heteroatoms. The number of ether oxygens (including phenoxy) is 4. The van der Waals surface area contributed by atoms with Crippen molar-refractivity contribution in [2.24, 2.45) is 5.10 Å². The number of esters is 3. The molecule has 1 saturated heterocycles. The van der Waals surface area contributed by atoms with Gasteiger partial charge in [-0.05, 0) is 6.42 Å². The van der Waals surface area contributed by atoms with E-state index in [1.54, 1.807) is 17.8 Å². The van der Waals surface area contributed by atoms with Crippen LogP contribution < -0.4 is 10.3 Å². The molecule has 4 heterocycles. The number of hydrazone groups is 1. The van der Waals surface area contributed by atoms with Crippen molar-refractivity contribution in [2.75, 3.05) is 18.7 Å². The van der Waals surface area contributed by atoms with Crippen molar-refractivity contribution in [3.63, 3.8) is 0 Å². The van der Waals surface area contributed by atoms with Crippen molar-refractivity contribution in [1.82, 2.24) is 19.9 Å². The lowest BCUT2D eigenvalue weighted by atomic mass is 10.1. The van der Waals surface area contributed by atoms with Gasteiger partial charge in [-0.1, -0.05) is 13.3 Å². The Morgan fingerprint density at radius 3 is 2.42 bits per heavy atom. The fourth-order valence-corrected chi connectivity index (χ4v) is 4.48. The number of unbranched alkanes of at least 4 members (excludes halogenated alkanes) is 1. The Labute approximate surface area is 218 Å². The van der Waals surface area contributed by atoms with Crippen LogP contribution in [0, 0.1) is 0 Å². The van der Waals surface area contributed by atoms with Gasteiger partial charge in [-0.2, -0.15) is 5.10 Å². The van der Waals surface area contributed by atoms with Crippen LogP contribution in [0.5, 0.6) is 0 Å². The molecule has 2 aromatic rings. The molecule has 0 saturated carbocycles. The maximum absolute atomic E-state index is 12.5. The van der Waals surface area contributed by atoms with Gasteiger partial charge in [0.1, 0.15) is 24.7 Å². The predicted molar refractivity (Wildman–Crippen MR) is 132 cm³/mol. The van der Waals surface area contributed by atoms with E-state index < -0.39 is 42.4 Å². The Balaban J connectivity index is 1.78. The number of anilines is 1. The fourth-order valence-electron chi connectivity index (χ4n) is 4.48. The minimum absolute atomic E-state index is 0.188. The molecule has 0 aliphatic carbocycles. The van der Waals surface area contributed by atoms with Gasteiger partial charge in [0.25, 0.3) is 0 Å². The zero-order valence-corrected chi connectivity index (χ0v) is 21.8. The summed E-state index contributed by atoms with van der Waals surface area (Å²) in [5, 5.41) is 9.46. The topological polar surface area (TPSA) is 164 Å². The third-order valence-electron chi connectivity index (χ3n) is 6.03. The molecule has 4 rings (SSSR count).